The van der Waals surface area contributed by atoms with Crippen LogP contribution < -0.4 is 14.9 Å². The Kier molecular flexibility index (Phi) is 5.50. The lowest BCUT2D eigenvalue weighted by atomic mass is 10.0. The van der Waals surface area contributed by atoms with Gasteiger partial charge in [-0.1, -0.05) is 6.07 Å². The lowest BCUT2D eigenvalue weighted by Gasteiger charge is -2.25. The Hall–Kier alpha value is -1.48. The highest BCUT2D eigenvalue weighted by atomic mass is 32.2. The highest BCUT2D eigenvalue weighted by molar-refractivity contribution is 7.80. The second kappa shape index (κ2) is 7.60. The molecule has 0 spiro atoms. The number of hydrogen-bond acceptors (Lipinski definition) is 5. The number of nitrogens with zero attached hydrogens (tertiary/aromatic N) is 1. The number of rotatable bonds is 4. The molecule has 2 atom stereocenters. The topological polar surface area (TPSA) is 102 Å². The van der Waals surface area contributed by atoms with E-state index in [0.717, 1.165) is 41.4 Å². The minimum absolute atomic E-state index is 0.0526. The van der Waals surface area contributed by atoms with E-state index < -0.39 is 11.3 Å². The van der Waals surface area contributed by atoms with Crippen LogP contribution in [0.5, 0.6) is 5.75 Å². The van der Waals surface area contributed by atoms with E-state index in [1.807, 2.05) is 6.07 Å². The number of nitrogens with one attached hydrogen (secondary N) is 2. The highest BCUT2D eigenvalue weighted by Gasteiger charge is 2.27. The third kappa shape index (κ3) is 3.94. The quantitative estimate of drug-likeness (QED) is 0.594. The number of carbonyl (C=O) groups excluding carboxylic acids is 1. The minimum atomic E-state index is -2.34. The molecule has 1 aromatic carbocycles. The van der Waals surface area contributed by atoms with Gasteiger partial charge in [-0.15, -0.1) is 0 Å². The molecular formula is C16H23N3O4S. The van der Waals surface area contributed by atoms with Crippen molar-refractivity contribution >= 4 is 22.7 Å². The third-order valence-corrected chi connectivity index (χ3v) is 5.24. The standard InChI is InChI=1S/C16H23N3O4S/c20-14-4-3-12-6-11(8-18-13-2-1-5-17-9-13)7-15(21)16(12)19(10-14)24(22)23/h6-7,13,17-18,21H,1-5,8-10H2,(H,22,23)/t13-/m0/s1. The first-order valence-electron chi connectivity index (χ1n) is 8.23. The van der Waals surface area contributed by atoms with Crippen LogP contribution in [0, 0.1) is 0 Å². The molecule has 0 aromatic heterocycles. The SMILES string of the molecule is O=C1CCc2cc(CN[C@H]3CCCNC3)cc(O)c2N(S(=O)O)C1. The Bertz CT molecular complexity index is 646. The number of Topliss-reactive ketones (excluding diaryl/α,β-unsaturated/α-hetero) is 1. The van der Waals surface area contributed by atoms with Crippen molar-refractivity contribution in [3.8, 4) is 5.75 Å². The Labute approximate surface area is 143 Å². The largest absolute Gasteiger partial charge is 0.506 e. The van der Waals surface area contributed by atoms with Gasteiger partial charge in [0.15, 0.2) is 5.78 Å². The Morgan fingerprint density at radius 3 is 2.92 bits per heavy atom. The van der Waals surface area contributed by atoms with Crippen LogP contribution in [0.15, 0.2) is 12.1 Å². The van der Waals surface area contributed by atoms with Crippen LogP contribution in [0.2, 0.25) is 0 Å². The lowest BCUT2D eigenvalue weighted by molar-refractivity contribution is -0.117. The molecule has 1 saturated heterocycles. The van der Waals surface area contributed by atoms with E-state index in [0.29, 0.717) is 31.1 Å². The van der Waals surface area contributed by atoms with Crippen molar-refractivity contribution in [3.63, 3.8) is 0 Å². The average molecular weight is 353 g/mol. The number of aromatic hydroxyl groups is 1. The fourth-order valence-electron chi connectivity index (χ4n) is 3.34. The number of hydrogen-bond donors (Lipinski definition) is 4. The van der Waals surface area contributed by atoms with Crippen molar-refractivity contribution in [3.05, 3.63) is 23.3 Å². The van der Waals surface area contributed by atoms with Gasteiger partial charge >= 0.3 is 0 Å². The van der Waals surface area contributed by atoms with Gasteiger partial charge in [0.2, 0.25) is 0 Å². The number of aryl methyl sites for hydroxylation is 1. The predicted molar refractivity (Wildman–Crippen MR) is 92.3 cm³/mol. The van der Waals surface area contributed by atoms with Crippen LogP contribution in [0.3, 0.4) is 0 Å². The molecule has 1 unspecified atom stereocenters. The number of ketones is 1. The molecule has 0 amide bonds. The van der Waals surface area contributed by atoms with Crippen LogP contribution >= 0.6 is 0 Å². The summed E-state index contributed by atoms with van der Waals surface area (Å²) >= 11 is -2.34. The second-order valence-corrected chi connectivity index (χ2v) is 7.26. The molecule has 7 nitrogen and oxygen atoms in total. The zero-order valence-corrected chi connectivity index (χ0v) is 14.3. The Morgan fingerprint density at radius 2 is 2.21 bits per heavy atom. The van der Waals surface area contributed by atoms with E-state index in [1.54, 1.807) is 6.07 Å². The summed E-state index contributed by atoms with van der Waals surface area (Å²) in [4.78, 5) is 11.8. The van der Waals surface area contributed by atoms with Crippen molar-refractivity contribution in [1.29, 1.82) is 0 Å². The maximum atomic E-state index is 11.8. The van der Waals surface area contributed by atoms with Crippen LogP contribution in [0.25, 0.3) is 0 Å². The molecule has 1 fully saturated rings. The van der Waals surface area contributed by atoms with Gasteiger partial charge in [-0.3, -0.25) is 13.7 Å². The Balaban J connectivity index is 1.80. The fourth-order valence-corrected chi connectivity index (χ4v) is 3.96. The summed E-state index contributed by atoms with van der Waals surface area (Å²) in [6.07, 6.45) is 3.04. The smallest absolute Gasteiger partial charge is 0.262 e. The number of phenolic OH excluding ortho intramolecular Hbond substituents is 1. The summed E-state index contributed by atoms with van der Waals surface area (Å²) in [5.41, 5.74) is 1.95. The van der Waals surface area contributed by atoms with Crippen LogP contribution in [-0.4, -0.2) is 45.3 Å². The summed E-state index contributed by atoms with van der Waals surface area (Å²) in [6.45, 7) is 2.45. The van der Waals surface area contributed by atoms with E-state index >= 15 is 0 Å². The molecular weight excluding hydrogens is 330 g/mol. The molecule has 3 rings (SSSR count). The van der Waals surface area contributed by atoms with E-state index in [-0.39, 0.29) is 18.1 Å². The summed E-state index contributed by atoms with van der Waals surface area (Å²) in [5.74, 6) is -0.163. The normalized spacial score (nSPS) is 22.8. The van der Waals surface area contributed by atoms with E-state index in [1.165, 1.54) is 0 Å². The highest BCUT2D eigenvalue weighted by Crippen LogP contribution is 2.36. The minimum Gasteiger partial charge on any atom is -0.506 e. The van der Waals surface area contributed by atoms with Gasteiger partial charge in [-0.2, -0.15) is 0 Å². The lowest BCUT2D eigenvalue weighted by Crippen LogP contribution is -2.42. The van der Waals surface area contributed by atoms with Crippen LogP contribution in [-0.2, 0) is 29.0 Å². The first-order valence-corrected chi connectivity index (χ1v) is 9.30. The number of piperidine rings is 1. The van der Waals surface area contributed by atoms with Gasteiger partial charge in [-0.05, 0) is 43.0 Å². The summed E-state index contributed by atoms with van der Waals surface area (Å²) in [6, 6.07) is 3.93. The first-order chi connectivity index (χ1) is 11.5. The van der Waals surface area contributed by atoms with Crippen molar-refractivity contribution in [2.75, 3.05) is 23.9 Å². The number of anilines is 1. The van der Waals surface area contributed by atoms with E-state index in [9.17, 15) is 18.7 Å². The average Bonchev–Trinajstić information content (AvgIpc) is 2.74. The number of fused-ring (bicyclic) bond motifs is 1. The second-order valence-electron chi connectivity index (χ2n) is 6.35. The first kappa shape index (κ1) is 17.3. The maximum Gasteiger partial charge on any atom is 0.262 e. The van der Waals surface area contributed by atoms with E-state index in [2.05, 4.69) is 10.6 Å². The third-order valence-electron chi connectivity index (χ3n) is 4.55. The zero-order chi connectivity index (χ0) is 17.1. The summed E-state index contributed by atoms with van der Waals surface area (Å²) in [5, 5.41) is 17.2. The van der Waals surface area contributed by atoms with Crippen molar-refractivity contribution in [1.82, 2.24) is 10.6 Å². The molecule has 1 aromatic rings. The molecule has 2 aliphatic heterocycles. The maximum absolute atomic E-state index is 11.8. The van der Waals surface area contributed by atoms with Gasteiger partial charge in [0.25, 0.3) is 11.3 Å². The molecule has 2 aliphatic rings. The molecule has 0 aliphatic carbocycles. The Morgan fingerprint density at radius 1 is 1.38 bits per heavy atom. The monoisotopic (exact) mass is 353 g/mol. The van der Waals surface area contributed by atoms with E-state index in [4.69, 9.17) is 0 Å². The van der Waals surface area contributed by atoms with Crippen molar-refractivity contribution in [2.24, 2.45) is 0 Å². The molecule has 8 heteroatoms. The van der Waals surface area contributed by atoms with Gasteiger partial charge in [0.1, 0.15) is 5.75 Å². The molecule has 2 heterocycles. The van der Waals surface area contributed by atoms with Crippen LogP contribution in [0.1, 0.15) is 30.4 Å². The number of carbonyl (C=O) groups is 1. The van der Waals surface area contributed by atoms with Gasteiger partial charge in [0, 0.05) is 25.6 Å². The van der Waals surface area contributed by atoms with Gasteiger partial charge < -0.3 is 15.7 Å². The molecule has 132 valence electrons. The molecule has 24 heavy (non-hydrogen) atoms. The number of benzene rings is 1. The molecule has 0 radical (unpaired) electrons. The van der Waals surface area contributed by atoms with Gasteiger partial charge in [-0.25, -0.2) is 4.21 Å². The van der Waals surface area contributed by atoms with Crippen LogP contribution in [0.4, 0.5) is 5.69 Å². The van der Waals surface area contributed by atoms with Gasteiger partial charge in [0.05, 0.1) is 12.2 Å². The van der Waals surface area contributed by atoms with Crippen molar-refractivity contribution < 1.29 is 18.7 Å². The fraction of sp³-hybridized carbons (Fsp3) is 0.562. The molecule has 0 saturated carbocycles. The van der Waals surface area contributed by atoms with Crippen molar-refractivity contribution in [2.45, 2.75) is 38.3 Å². The predicted octanol–water partition coefficient (Wildman–Crippen LogP) is 0.692. The molecule has 4 N–H and O–H groups in total. The summed E-state index contributed by atoms with van der Waals surface area (Å²) in [7, 11) is 0. The number of phenols is 1. The zero-order valence-electron chi connectivity index (χ0n) is 13.5. The molecule has 0 bridgehead atoms. The summed E-state index contributed by atoms with van der Waals surface area (Å²) < 4.78 is 22.0.